The minimum absolute atomic E-state index is 0.0510. The van der Waals surface area contributed by atoms with Crippen molar-refractivity contribution in [3.8, 4) is 0 Å². The Morgan fingerprint density at radius 1 is 1.00 bits per heavy atom. The van der Waals surface area contributed by atoms with Crippen molar-refractivity contribution in [2.75, 3.05) is 16.8 Å². The van der Waals surface area contributed by atoms with E-state index >= 15 is 0 Å². The molecular weight excluding hydrogens is 324 g/mol. The number of para-hydroxylation sites is 2. The van der Waals surface area contributed by atoms with Crippen molar-refractivity contribution in [2.45, 2.75) is 47.0 Å². The highest BCUT2D eigenvalue weighted by atomic mass is 16.2. The molecule has 0 radical (unpaired) electrons. The number of hydrogen-bond acceptors (Lipinski definition) is 2. The first-order chi connectivity index (χ1) is 12.3. The van der Waals surface area contributed by atoms with Gasteiger partial charge in [-0.2, -0.15) is 0 Å². The van der Waals surface area contributed by atoms with Crippen molar-refractivity contribution in [1.82, 2.24) is 0 Å². The van der Waals surface area contributed by atoms with Gasteiger partial charge in [0.1, 0.15) is 0 Å². The van der Waals surface area contributed by atoms with Crippen molar-refractivity contribution in [3.05, 3.63) is 59.2 Å². The molecule has 0 aliphatic carbocycles. The van der Waals surface area contributed by atoms with Gasteiger partial charge in [-0.15, -0.1) is 0 Å². The predicted octanol–water partition coefficient (Wildman–Crippen LogP) is 4.81. The van der Waals surface area contributed by atoms with E-state index in [4.69, 9.17) is 0 Å². The summed E-state index contributed by atoms with van der Waals surface area (Å²) in [5, 5.41) is 2.93. The molecule has 0 fully saturated rings. The van der Waals surface area contributed by atoms with Gasteiger partial charge in [-0.25, -0.2) is 0 Å². The first-order valence-electron chi connectivity index (χ1n) is 9.04. The molecule has 2 rings (SSSR count). The Labute approximate surface area is 156 Å². The molecule has 2 amide bonds. The van der Waals surface area contributed by atoms with Crippen LogP contribution in [0.25, 0.3) is 0 Å². The van der Waals surface area contributed by atoms with Gasteiger partial charge in [0.25, 0.3) is 0 Å². The molecule has 0 aliphatic heterocycles. The first-order valence-corrected chi connectivity index (χ1v) is 9.04. The Morgan fingerprint density at radius 3 is 2.27 bits per heavy atom. The lowest BCUT2D eigenvalue weighted by atomic mass is 9.97. The van der Waals surface area contributed by atoms with E-state index in [0.29, 0.717) is 12.5 Å². The number of nitrogens with zero attached hydrogens (tertiary/aromatic N) is 1. The molecule has 0 aromatic heterocycles. The molecule has 0 saturated carbocycles. The average Bonchev–Trinajstić information content (AvgIpc) is 2.57. The summed E-state index contributed by atoms with van der Waals surface area (Å²) in [6, 6.07) is 13.7. The number of aryl methyl sites for hydroxylation is 2. The SMILES string of the molecule is CC(=O)N(CCC(=O)Nc1ccccc1C)c1c(C)cccc1C(C)C. The molecular formula is C22H28N2O2. The van der Waals surface area contributed by atoms with Gasteiger partial charge in [0.05, 0.1) is 0 Å². The van der Waals surface area contributed by atoms with Crippen LogP contribution in [0.3, 0.4) is 0 Å². The molecule has 4 nitrogen and oxygen atoms in total. The van der Waals surface area contributed by atoms with Gasteiger partial charge in [-0.1, -0.05) is 50.2 Å². The maximum absolute atomic E-state index is 12.4. The van der Waals surface area contributed by atoms with Crippen molar-refractivity contribution in [1.29, 1.82) is 0 Å². The van der Waals surface area contributed by atoms with Gasteiger partial charge in [-0.05, 0) is 42.5 Å². The zero-order chi connectivity index (χ0) is 19.3. The molecule has 0 aliphatic rings. The topological polar surface area (TPSA) is 49.4 Å². The lowest BCUT2D eigenvalue weighted by Gasteiger charge is -2.27. The smallest absolute Gasteiger partial charge is 0.226 e. The van der Waals surface area contributed by atoms with Gasteiger partial charge in [0.2, 0.25) is 11.8 Å². The highest BCUT2D eigenvalue weighted by Crippen LogP contribution is 2.31. The molecule has 0 atom stereocenters. The molecule has 0 heterocycles. The van der Waals surface area contributed by atoms with Crippen LogP contribution < -0.4 is 10.2 Å². The molecule has 0 unspecified atom stereocenters. The number of carbonyl (C=O) groups excluding carboxylic acids is 2. The fourth-order valence-corrected chi connectivity index (χ4v) is 3.08. The van der Waals surface area contributed by atoms with Crippen LogP contribution in [0.15, 0.2) is 42.5 Å². The molecule has 0 saturated heterocycles. The monoisotopic (exact) mass is 352 g/mol. The zero-order valence-corrected chi connectivity index (χ0v) is 16.3. The van der Waals surface area contributed by atoms with Crippen molar-refractivity contribution < 1.29 is 9.59 Å². The van der Waals surface area contributed by atoms with E-state index < -0.39 is 0 Å². The number of anilines is 2. The maximum Gasteiger partial charge on any atom is 0.226 e. The number of hydrogen-bond donors (Lipinski definition) is 1. The summed E-state index contributed by atoms with van der Waals surface area (Å²) < 4.78 is 0. The fourth-order valence-electron chi connectivity index (χ4n) is 3.08. The third-order valence-electron chi connectivity index (χ3n) is 4.52. The molecule has 138 valence electrons. The molecule has 0 spiro atoms. The Kier molecular flexibility index (Phi) is 6.56. The minimum atomic E-state index is -0.0924. The average molecular weight is 352 g/mol. The largest absolute Gasteiger partial charge is 0.326 e. The van der Waals surface area contributed by atoms with E-state index in [0.717, 1.165) is 28.1 Å². The number of rotatable bonds is 6. The Morgan fingerprint density at radius 2 is 1.65 bits per heavy atom. The molecule has 2 aromatic rings. The third-order valence-corrected chi connectivity index (χ3v) is 4.52. The standard InChI is InChI=1S/C22H28N2O2/c1-15(2)19-11-8-10-17(4)22(19)24(18(5)25)14-13-21(26)23-20-12-7-6-9-16(20)3/h6-12,15H,13-14H2,1-5H3,(H,23,26). The van der Waals surface area contributed by atoms with E-state index in [9.17, 15) is 9.59 Å². The van der Waals surface area contributed by atoms with Crippen LogP contribution in [-0.2, 0) is 9.59 Å². The summed E-state index contributed by atoms with van der Waals surface area (Å²) in [7, 11) is 0. The number of amides is 2. The van der Waals surface area contributed by atoms with Crippen LogP contribution in [0.4, 0.5) is 11.4 Å². The molecule has 2 aromatic carbocycles. The molecule has 0 bridgehead atoms. The Balaban J connectivity index is 2.16. The lowest BCUT2D eigenvalue weighted by Crippen LogP contribution is -2.33. The Bertz CT molecular complexity index is 796. The van der Waals surface area contributed by atoms with Crippen LogP contribution in [0.2, 0.25) is 0 Å². The summed E-state index contributed by atoms with van der Waals surface area (Å²) in [6.07, 6.45) is 0.250. The van der Waals surface area contributed by atoms with E-state index in [2.05, 4.69) is 25.2 Å². The van der Waals surface area contributed by atoms with Gasteiger partial charge >= 0.3 is 0 Å². The second-order valence-corrected chi connectivity index (χ2v) is 6.95. The molecule has 1 N–H and O–H groups in total. The second kappa shape index (κ2) is 8.65. The minimum Gasteiger partial charge on any atom is -0.326 e. The molecule has 26 heavy (non-hydrogen) atoms. The lowest BCUT2D eigenvalue weighted by molar-refractivity contribution is -0.117. The number of carbonyl (C=O) groups is 2. The highest BCUT2D eigenvalue weighted by Gasteiger charge is 2.20. The van der Waals surface area contributed by atoms with Crippen molar-refractivity contribution >= 4 is 23.2 Å². The van der Waals surface area contributed by atoms with E-state index in [1.807, 2.05) is 50.2 Å². The summed E-state index contributed by atoms with van der Waals surface area (Å²) in [4.78, 5) is 26.4. The Hall–Kier alpha value is -2.62. The highest BCUT2D eigenvalue weighted by molar-refractivity contribution is 5.96. The van der Waals surface area contributed by atoms with Crippen LogP contribution in [0.5, 0.6) is 0 Å². The molecule has 4 heteroatoms. The summed E-state index contributed by atoms with van der Waals surface area (Å²) in [6.45, 7) is 10.1. The van der Waals surface area contributed by atoms with Gasteiger partial charge < -0.3 is 10.2 Å². The van der Waals surface area contributed by atoms with E-state index in [1.165, 1.54) is 0 Å². The number of nitrogens with one attached hydrogen (secondary N) is 1. The predicted molar refractivity (Wildman–Crippen MR) is 108 cm³/mol. The van der Waals surface area contributed by atoms with Crippen molar-refractivity contribution in [2.24, 2.45) is 0 Å². The number of benzene rings is 2. The summed E-state index contributed by atoms with van der Waals surface area (Å²) in [5.41, 5.74) is 4.93. The summed E-state index contributed by atoms with van der Waals surface area (Å²) in [5.74, 6) is 0.155. The quantitative estimate of drug-likeness (QED) is 0.811. The van der Waals surface area contributed by atoms with E-state index in [1.54, 1.807) is 11.8 Å². The van der Waals surface area contributed by atoms with Crippen molar-refractivity contribution in [3.63, 3.8) is 0 Å². The van der Waals surface area contributed by atoms with Crippen LogP contribution >= 0.6 is 0 Å². The first kappa shape index (κ1) is 19.7. The van der Waals surface area contributed by atoms with Gasteiger partial charge in [0.15, 0.2) is 0 Å². The van der Waals surface area contributed by atoms with Crippen LogP contribution in [0, 0.1) is 13.8 Å². The fraction of sp³-hybridized carbons (Fsp3) is 0.364. The normalized spacial score (nSPS) is 10.7. The van der Waals surface area contributed by atoms with Gasteiger partial charge in [0, 0.05) is 31.3 Å². The maximum atomic E-state index is 12.4. The van der Waals surface area contributed by atoms with Crippen LogP contribution in [-0.4, -0.2) is 18.4 Å². The second-order valence-electron chi connectivity index (χ2n) is 6.95. The van der Waals surface area contributed by atoms with E-state index in [-0.39, 0.29) is 18.2 Å². The van der Waals surface area contributed by atoms with Gasteiger partial charge in [-0.3, -0.25) is 9.59 Å². The van der Waals surface area contributed by atoms with Crippen LogP contribution in [0.1, 0.15) is 49.8 Å². The third kappa shape index (κ3) is 4.72. The summed E-state index contributed by atoms with van der Waals surface area (Å²) >= 11 is 0. The zero-order valence-electron chi connectivity index (χ0n) is 16.3.